The van der Waals surface area contributed by atoms with Gasteiger partial charge >= 0.3 is 24.7 Å². The summed E-state index contributed by atoms with van der Waals surface area (Å²) in [6.07, 6.45) is -22.0. The van der Waals surface area contributed by atoms with Gasteiger partial charge in [0.25, 0.3) is 0 Å². The minimum atomic E-state index is -5.02. The Balaban J connectivity index is 0.000000215. The van der Waals surface area contributed by atoms with Crippen LogP contribution >= 0.6 is 0 Å². The van der Waals surface area contributed by atoms with Crippen molar-refractivity contribution in [2.45, 2.75) is 138 Å². The van der Waals surface area contributed by atoms with Crippen LogP contribution in [0.3, 0.4) is 0 Å². The van der Waals surface area contributed by atoms with Crippen molar-refractivity contribution in [2.24, 2.45) is 17.6 Å². The Morgan fingerprint density at radius 3 is 1.34 bits per heavy atom. The number of halogens is 14. The van der Waals surface area contributed by atoms with E-state index in [1.54, 1.807) is 14.7 Å². The number of aliphatic hydroxyl groups excluding tert-OH is 1. The van der Waals surface area contributed by atoms with Crippen LogP contribution in [0.15, 0.2) is 84.9 Å². The first-order chi connectivity index (χ1) is 37.2. The zero-order chi connectivity index (χ0) is 58.6. The monoisotopic (exact) mass is 1150 g/mol. The number of rotatable bonds is 10. The van der Waals surface area contributed by atoms with E-state index in [1.165, 1.54) is 62.4 Å². The third-order valence-corrected chi connectivity index (χ3v) is 16.1. The summed E-state index contributed by atoms with van der Waals surface area (Å²) in [5.74, 6) is -3.73. The number of aliphatic hydroxyl groups is 1. The second kappa shape index (κ2) is 22.8. The zero-order valence-corrected chi connectivity index (χ0v) is 43.3. The number of hydrogen-bond donors (Lipinski definition) is 2. The van der Waals surface area contributed by atoms with Gasteiger partial charge in [-0.25, -0.2) is 8.78 Å². The van der Waals surface area contributed by atoms with Crippen molar-refractivity contribution in [1.82, 2.24) is 14.7 Å². The summed E-state index contributed by atoms with van der Waals surface area (Å²) >= 11 is 0. The maximum atomic E-state index is 13.9. The number of likely N-dealkylation sites (tertiary alicyclic amines) is 1. The summed E-state index contributed by atoms with van der Waals surface area (Å²) in [6.45, 7) is 5.43. The standard InChI is InChI=1S/C31H34F7N3O3.C25H24F7NO3/c1-17(19-11-21(30(33,34)35)15-22(12-19)31(36,37)38)44-25-16-41-24(27(25)18-3-5-23(32)6-4-18)13-20(14-26(41)42)28(43)40-9-7-29(2,39)8-10-40;1-13(16-8-17(24(27,28)29)10-18(9-16)25(30,31)32)36-21-11-33-20(6-14(12-34)7-22(33)35)23(21)15-2-4-19(26)5-3-15/h3-6,11-12,15,17,20,24-25,27H,7-10,13-14,16,39H2,1-2H3;2-5,8-10,13-14,20-21,23,34H,6-7,11-12H2,1H3/t17-,20?,24+,25+,27+;13-,14?,20+,21+,23+/m11/s1. The average molecular weight is 1150 g/mol. The van der Waals surface area contributed by atoms with E-state index >= 15 is 0 Å². The number of alkyl halides is 12. The fourth-order valence-corrected chi connectivity index (χ4v) is 11.8. The van der Waals surface area contributed by atoms with Crippen LogP contribution in [-0.4, -0.2) is 100 Å². The molecule has 3 N–H and O–H groups in total. The first-order valence-electron chi connectivity index (χ1n) is 25.9. The Morgan fingerprint density at radius 1 is 0.613 bits per heavy atom. The van der Waals surface area contributed by atoms with Gasteiger partial charge in [0.2, 0.25) is 17.7 Å². The molecule has 5 aliphatic rings. The van der Waals surface area contributed by atoms with Crippen molar-refractivity contribution in [2.75, 3.05) is 32.8 Å². The quantitative estimate of drug-likeness (QED) is 0.152. The normalized spacial score (nSPS) is 26.1. The van der Waals surface area contributed by atoms with Crippen molar-refractivity contribution >= 4 is 17.7 Å². The molecule has 2 unspecified atom stereocenters. The minimum absolute atomic E-state index is 0.0110. The van der Waals surface area contributed by atoms with Crippen molar-refractivity contribution in [3.8, 4) is 0 Å². The molecule has 0 saturated carbocycles. The van der Waals surface area contributed by atoms with Crippen LogP contribution in [0.25, 0.3) is 0 Å². The molecule has 24 heteroatoms. The van der Waals surface area contributed by atoms with Gasteiger partial charge in [-0.2, -0.15) is 52.7 Å². The van der Waals surface area contributed by atoms with Gasteiger partial charge in [0.05, 0.1) is 46.7 Å². The maximum Gasteiger partial charge on any atom is 0.416 e. The number of piperidine rings is 3. The van der Waals surface area contributed by atoms with E-state index in [0.29, 0.717) is 67.7 Å². The molecular formula is C56H58F14N4O6. The fourth-order valence-electron chi connectivity index (χ4n) is 11.8. The number of nitrogens with zero attached hydrogens (tertiary/aromatic N) is 3. The molecule has 436 valence electrons. The highest BCUT2D eigenvalue weighted by Crippen LogP contribution is 2.48. The third kappa shape index (κ3) is 13.6. The predicted octanol–water partition coefficient (Wildman–Crippen LogP) is 11.8. The predicted molar refractivity (Wildman–Crippen MR) is 260 cm³/mol. The summed E-state index contributed by atoms with van der Waals surface area (Å²) in [4.78, 5) is 44.5. The summed E-state index contributed by atoms with van der Waals surface area (Å²) in [5, 5.41) is 9.63. The third-order valence-electron chi connectivity index (χ3n) is 16.1. The van der Waals surface area contributed by atoms with Gasteiger partial charge in [-0.1, -0.05) is 24.3 Å². The molecule has 0 bridgehead atoms. The molecule has 80 heavy (non-hydrogen) atoms. The van der Waals surface area contributed by atoms with Gasteiger partial charge in [-0.05, 0) is 135 Å². The van der Waals surface area contributed by atoms with Gasteiger partial charge in [-0.3, -0.25) is 14.4 Å². The molecule has 5 saturated heterocycles. The van der Waals surface area contributed by atoms with Gasteiger partial charge in [0.15, 0.2) is 0 Å². The average Bonchev–Trinajstić information content (AvgIpc) is 3.98. The molecule has 10 nitrogen and oxygen atoms in total. The van der Waals surface area contributed by atoms with Crippen molar-refractivity contribution in [1.29, 1.82) is 0 Å². The molecule has 4 aromatic carbocycles. The Bertz CT molecular complexity index is 2800. The molecule has 5 fully saturated rings. The summed E-state index contributed by atoms with van der Waals surface area (Å²) < 4.78 is 201. The number of benzene rings is 4. The Hall–Kier alpha value is -5.85. The van der Waals surface area contributed by atoms with Crippen molar-refractivity contribution < 1.29 is 90.4 Å². The summed E-state index contributed by atoms with van der Waals surface area (Å²) in [6, 6.07) is 12.6. The summed E-state index contributed by atoms with van der Waals surface area (Å²) in [5.41, 5.74) is 0.594. The number of hydrogen-bond acceptors (Lipinski definition) is 7. The topological polar surface area (TPSA) is 126 Å². The first-order valence-corrected chi connectivity index (χ1v) is 25.9. The van der Waals surface area contributed by atoms with E-state index in [1.807, 2.05) is 6.92 Å². The lowest BCUT2D eigenvalue weighted by molar-refractivity contribution is -0.147. The van der Waals surface area contributed by atoms with Crippen LogP contribution in [0, 0.1) is 23.5 Å². The van der Waals surface area contributed by atoms with Crippen LogP contribution in [0.2, 0.25) is 0 Å². The van der Waals surface area contributed by atoms with Gasteiger partial charge in [0, 0.05) is 81.0 Å². The minimum Gasteiger partial charge on any atom is -0.396 e. The van der Waals surface area contributed by atoms with Crippen LogP contribution in [0.1, 0.15) is 128 Å². The largest absolute Gasteiger partial charge is 0.416 e. The lowest BCUT2D eigenvalue weighted by Gasteiger charge is -2.41. The second-order valence-electron chi connectivity index (χ2n) is 21.8. The van der Waals surface area contributed by atoms with E-state index in [9.17, 15) is 81.0 Å². The van der Waals surface area contributed by atoms with Crippen molar-refractivity contribution in [3.05, 3.63) is 141 Å². The van der Waals surface area contributed by atoms with E-state index in [2.05, 4.69) is 0 Å². The Morgan fingerprint density at radius 2 is 0.975 bits per heavy atom. The molecule has 0 aromatic heterocycles. The Kier molecular flexibility index (Phi) is 17.2. The number of amides is 3. The summed E-state index contributed by atoms with van der Waals surface area (Å²) in [7, 11) is 0. The van der Waals surface area contributed by atoms with Gasteiger partial charge in [0.1, 0.15) is 11.6 Å². The second-order valence-corrected chi connectivity index (χ2v) is 21.8. The SMILES string of the molecule is C[C@@H](O[C@H]1CN2C(=O)CC(C(=O)N3CCC(C)(N)CC3)C[C@H]2[C@@H]1c1ccc(F)cc1)c1cc(C(F)(F)F)cc(C(F)(F)F)c1.C[C@@H](O[C@H]1CN2C(=O)CC(CO)C[C@H]2[C@@H]1c1ccc(F)cc1)c1cc(C(F)(F)F)cc(C(F)(F)F)c1. The van der Waals surface area contributed by atoms with Gasteiger partial charge < -0.3 is 35.0 Å². The molecular weight excluding hydrogens is 1090 g/mol. The van der Waals surface area contributed by atoms with E-state index in [0.717, 1.165) is 0 Å². The van der Waals surface area contributed by atoms with Crippen LogP contribution in [0.4, 0.5) is 61.5 Å². The molecule has 9 rings (SSSR count). The lowest BCUT2D eigenvalue weighted by atomic mass is 9.80. The number of carbonyl (C=O) groups is 3. The fraction of sp³-hybridized carbons (Fsp3) is 0.518. The highest BCUT2D eigenvalue weighted by atomic mass is 19.4. The number of nitrogens with two attached hydrogens (primary N) is 1. The first kappa shape index (κ1) is 60.3. The maximum absolute atomic E-state index is 13.9. The molecule has 3 amide bonds. The van der Waals surface area contributed by atoms with Gasteiger partial charge in [-0.15, -0.1) is 0 Å². The lowest BCUT2D eigenvalue weighted by Crippen LogP contribution is -2.53. The number of carbonyl (C=O) groups excluding carboxylic acids is 3. The number of fused-ring (bicyclic) bond motifs is 2. The highest BCUT2D eigenvalue weighted by molar-refractivity contribution is 5.88. The molecule has 4 aromatic rings. The molecule has 10 atom stereocenters. The van der Waals surface area contributed by atoms with E-state index < -0.39 is 113 Å². The number of ether oxygens (including phenoxy) is 2. The van der Waals surface area contributed by atoms with Crippen LogP contribution < -0.4 is 5.73 Å². The van der Waals surface area contributed by atoms with E-state index in [-0.39, 0.29) is 91.4 Å². The Labute approximate surface area is 451 Å². The molecule has 5 heterocycles. The molecule has 0 spiro atoms. The molecule has 0 aliphatic carbocycles. The van der Waals surface area contributed by atoms with Crippen LogP contribution in [0.5, 0.6) is 0 Å². The van der Waals surface area contributed by atoms with Crippen LogP contribution in [-0.2, 0) is 48.6 Å². The molecule has 0 radical (unpaired) electrons. The zero-order valence-electron chi connectivity index (χ0n) is 43.3. The smallest absolute Gasteiger partial charge is 0.396 e. The highest BCUT2D eigenvalue weighted by Gasteiger charge is 2.53. The van der Waals surface area contributed by atoms with E-state index in [4.69, 9.17) is 15.2 Å². The molecule has 5 aliphatic heterocycles. The van der Waals surface area contributed by atoms with Crippen molar-refractivity contribution in [3.63, 3.8) is 0 Å².